The number of esters is 1. The number of carbonyl (C=O) groups excluding carboxylic acids is 1. The standard InChI is InChI=1S/C31H34F6O7/c1-5-6-7-8-21-9-12-24(26(17-21)39-4)27-18-22-10-11-23(19-25(22)42-27)40-15-13-29(32,33)43-31(36,37)44-30(34,35)14-16-41-28(38)20(2)3/h9-12,17-19H,2,5-8,13-16H2,1,3-4H3. The van der Waals surface area contributed by atoms with Gasteiger partial charge in [0.2, 0.25) is 0 Å². The average molecular weight is 633 g/mol. The fourth-order valence-corrected chi connectivity index (χ4v) is 4.05. The van der Waals surface area contributed by atoms with Gasteiger partial charge in [-0.1, -0.05) is 32.4 Å². The zero-order valence-corrected chi connectivity index (χ0v) is 24.5. The molecule has 3 rings (SSSR count). The van der Waals surface area contributed by atoms with Crippen molar-refractivity contribution < 1.29 is 59.2 Å². The molecule has 0 saturated heterocycles. The van der Waals surface area contributed by atoms with Crippen LogP contribution >= 0.6 is 0 Å². The Morgan fingerprint density at radius 2 is 1.59 bits per heavy atom. The van der Waals surface area contributed by atoms with Gasteiger partial charge in [0.05, 0.1) is 38.7 Å². The number of fused-ring (bicyclic) bond motifs is 1. The van der Waals surface area contributed by atoms with Crippen molar-refractivity contribution in [1.82, 2.24) is 0 Å². The Kier molecular flexibility index (Phi) is 11.7. The maximum Gasteiger partial charge on any atom is 0.494 e. The third-order valence-corrected chi connectivity index (χ3v) is 6.26. The maximum absolute atomic E-state index is 14.1. The van der Waals surface area contributed by atoms with Gasteiger partial charge in [-0.25, -0.2) is 14.3 Å². The van der Waals surface area contributed by atoms with Crippen molar-refractivity contribution in [3.63, 3.8) is 0 Å². The Hall–Kier alpha value is -3.71. The lowest BCUT2D eigenvalue weighted by Crippen LogP contribution is -2.41. The van der Waals surface area contributed by atoms with Crippen molar-refractivity contribution in [2.45, 2.75) is 70.9 Å². The molecule has 1 aromatic heterocycles. The minimum absolute atomic E-state index is 0.0892. The molecule has 0 radical (unpaired) electrons. The maximum atomic E-state index is 14.1. The zero-order valence-electron chi connectivity index (χ0n) is 24.5. The molecule has 0 aliphatic heterocycles. The quantitative estimate of drug-likeness (QED) is 0.0456. The number of carbonyl (C=O) groups is 1. The van der Waals surface area contributed by atoms with Gasteiger partial charge in [-0.3, -0.25) is 0 Å². The molecular weight excluding hydrogens is 598 g/mol. The molecule has 0 aliphatic rings. The monoisotopic (exact) mass is 632 g/mol. The topological polar surface area (TPSA) is 76.4 Å². The lowest BCUT2D eigenvalue weighted by Gasteiger charge is -2.26. The molecule has 13 heteroatoms. The zero-order chi connectivity index (χ0) is 32.5. The van der Waals surface area contributed by atoms with Crippen LogP contribution < -0.4 is 9.47 Å². The molecule has 0 N–H and O–H groups in total. The molecule has 7 nitrogen and oxygen atoms in total. The van der Waals surface area contributed by atoms with E-state index in [1.165, 1.54) is 19.1 Å². The first-order valence-corrected chi connectivity index (χ1v) is 13.8. The van der Waals surface area contributed by atoms with Gasteiger partial charge >= 0.3 is 24.5 Å². The molecule has 44 heavy (non-hydrogen) atoms. The Labute approximate surface area is 250 Å². The van der Waals surface area contributed by atoms with Crippen LogP contribution in [0.4, 0.5) is 26.3 Å². The molecule has 0 atom stereocenters. The molecule has 1 heterocycles. The summed E-state index contributed by atoms with van der Waals surface area (Å²) in [6.07, 6.45) is -13.4. The van der Waals surface area contributed by atoms with Crippen LogP contribution in [0.15, 0.2) is 59.0 Å². The number of halogens is 6. The number of hydrogen-bond donors (Lipinski definition) is 0. The fourth-order valence-electron chi connectivity index (χ4n) is 4.05. The van der Waals surface area contributed by atoms with E-state index in [1.807, 2.05) is 18.2 Å². The van der Waals surface area contributed by atoms with E-state index in [0.717, 1.165) is 31.2 Å². The van der Waals surface area contributed by atoms with Crippen molar-refractivity contribution >= 4 is 16.9 Å². The predicted molar refractivity (Wildman–Crippen MR) is 149 cm³/mol. The molecule has 0 amide bonds. The Morgan fingerprint density at radius 3 is 2.23 bits per heavy atom. The second-order valence-corrected chi connectivity index (χ2v) is 10.0. The van der Waals surface area contributed by atoms with Gasteiger partial charge in [0, 0.05) is 17.0 Å². The van der Waals surface area contributed by atoms with Gasteiger partial charge < -0.3 is 18.6 Å². The van der Waals surface area contributed by atoms with E-state index in [1.54, 1.807) is 19.2 Å². The molecule has 3 aromatic rings. The molecule has 0 bridgehead atoms. The third-order valence-electron chi connectivity index (χ3n) is 6.26. The van der Waals surface area contributed by atoms with Crippen LogP contribution in [0.3, 0.4) is 0 Å². The summed E-state index contributed by atoms with van der Waals surface area (Å²) in [6, 6.07) is 12.1. The summed E-state index contributed by atoms with van der Waals surface area (Å²) in [5, 5.41) is 0.683. The highest BCUT2D eigenvalue weighted by molar-refractivity contribution is 5.87. The number of ether oxygens (including phenoxy) is 5. The summed E-state index contributed by atoms with van der Waals surface area (Å²) in [4.78, 5) is 11.2. The summed E-state index contributed by atoms with van der Waals surface area (Å²) in [7, 11) is 1.56. The lowest BCUT2D eigenvalue weighted by atomic mass is 10.0. The van der Waals surface area contributed by atoms with Crippen molar-refractivity contribution in [3.05, 3.63) is 60.2 Å². The lowest BCUT2D eigenvalue weighted by molar-refractivity contribution is -0.514. The van der Waals surface area contributed by atoms with Crippen molar-refractivity contribution in [3.8, 4) is 22.8 Å². The normalized spacial score (nSPS) is 12.4. The summed E-state index contributed by atoms with van der Waals surface area (Å²) >= 11 is 0. The molecule has 0 spiro atoms. The number of unbranched alkanes of at least 4 members (excludes halogenated alkanes) is 2. The van der Waals surface area contributed by atoms with Crippen molar-refractivity contribution in [1.29, 1.82) is 0 Å². The summed E-state index contributed by atoms with van der Waals surface area (Å²) in [5.41, 5.74) is 2.10. The number of furan rings is 1. The van der Waals surface area contributed by atoms with Crippen LogP contribution in [0.1, 0.15) is 51.5 Å². The summed E-state index contributed by atoms with van der Waals surface area (Å²) in [5.74, 6) is 0.180. The van der Waals surface area contributed by atoms with Crippen LogP contribution in [0, 0.1) is 0 Å². The fraction of sp³-hybridized carbons (Fsp3) is 0.452. The summed E-state index contributed by atoms with van der Waals surface area (Å²) in [6.45, 7) is 4.75. The van der Waals surface area contributed by atoms with E-state index < -0.39 is 50.5 Å². The second kappa shape index (κ2) is 14.8. The molecular formula is C31H34F6O7. The van der Waals surface area contributed by atoms with E-state index >= 15 is 0 Å². The number of aryl methyl sites for hydroxylation is 1. The molecule has 0 saturated carbocycles. The smallest absolute Gasteiger partial charge is 0.494 e. The van der Waals surface area contributed by atoms with Crippen LogP contribution in [0.5, 0.6) is 11.5 Å². The number of methoxy groups -OCH3 is 1. The Balaban J connectivity index is 1.57. The minimum atomic E-state index is -5.37. The molecule has 0 unspecified atom stereocenters. The summed E-state index contributed by atoms with van der Waals surface area (Å²) < 4.78 is 111. The van der Waals surface area contributed by atoms with Gasteiger partial charge in [-0.2, -0.15) is 17.6 Å². The number of benzene rings is 2. The average Bonchev–Trinajstić information content (AvgIpc) is 3.34. The molecule has 2 aromatic carbocycles. The first-order chi connectivity index (χ1) is 20.6. The van der Waals surface area contributed by atoms with E-state index in [0.29, 0.717) is 28.0 Å². The van der Waals surface area contributed by atoms with Crippen molar-refractivity contribution in [2.75, 3.05) is 20.3 Å². The molecule has 0 fully saturated rings. The highest BCUT2D eigenvalue weighted by atomic mass is 19.3. The van der Waals surface area contributed by atoms with Gasteiger partial charge in [-0.05, 0) is 55.7 Å². The van der Waals surface area contributed by atoms with Crippen LogP contribution in [-0.2, 0) is 25.4 Å². The Bertz CT molecular complexity index is 1420. The largest absolute Gasteiger partial charge is 0.496 e. The third kappa shape index (κ3) is 10.5. The number of rotatable bonds is 18. The van der Waals surface area contributed by atoms with Gasteiger partial charge in [0.15, 0.2) is 0 Å². The van der Waals surface area contributed by atoms with Crippen LogP contribution in [0.25, 0.3) is 22.3 Å². The highest BCUT2D eigenvalue weighted by Crippen LogP contribution is 2.38. The van der Waals surface area contributed by atoms with E-state index in [9.17, 15) is 31.1 Å². The Morgan fingerprint density at radius 1 is 0.909 bits per heavy atom. The van der Waals surface area contributed by atoms with Gasteiger partial charge in [0.25, 0.3) is 0 Å². The van der Waals surface area contributed by atoms with Gasteiger partial charge in [0.1, 0.15) is 22.8 Å². The predicted octanol–water partition coefficient (Wildman–Crippen LogP) is 8.89. The van der Waals surface area contributed by atoms with Crippen LogP contribution in [0.2, 0.25) is 0 Å². The SMILES string of the molecule is C=C(C)C(=O)OCCC(F)(F)OC(F)(F)OC(F)(F)CCOc1ccc2cc(-c3ccc(CCCCC)cc3OC)oc2c1. The first-order valence-electron chi connectivity index (χ1n) is 13.8. The van der Waals surface area contributed by atoms with Crippen LogP contribution in [-0.4, -0.2) is 44.8 Å². The van der Waals surface area contributed by atoms with E-state index in [4.69, 9.17) is 13.9 Å². The highest BCUT2D eigenvalue weighted by Gasteiger charge is 2.52. The van der Waals surface area contributed by atoms with E-state index in [-0.39, 0.29) is 11.3 Å². The number of alkyl halides is 6. The van der Waals surface area contributed by atoms with E-state index in [2.05, 4.69) is 27.7 Å². The minimum Gasteiger partial charge on any atom is -0.496 e. The first kappa shape index (κ1) is 34.8. The number of hydrogen-bond acceptors (Lipinski definition) is 7. The van der Waals surface area contributed by atoms with Gasteiger partial charge in [-0.15, -0.1) is 8.78 Å². The molecule has 242 valence electrons. The van der Waals surface area contributed by atoms with Crippen molar-refractivity contribution in [2.24, 2.45) is 0 Å². The second-order valence-electron chi connectivity index (χ2n) is 10.0. The molecule has 0 aliphatic carbocycles.